The lowest BCUT2D eigenvalue weighted by Crippen LogP contribution is -2.46. The zero-order chi connectivity index (χ0) is 22.0. The summed E-state index contributed by atoms with van der Waals surface area (Å²) in [5, 5.41) is 0. The van der Waals surface area contributed by atoms with E-state index in [-0.39, 0.29) is 24.0 Å². The third-order valence-corrected chi connectivity index (χ3v) is 12.0. The van der Waals surface area contributed by atoms with E-state index in [0.29, 0.717) is 6.41 Å². The second kappa shape index (κ2) is 12.7. The van der Waals surface area contributed by atoms with E-state index in [1.54, 1.807) is 20.2 Å². The molecule has 7 nitrogen and oxygen atoms in total. The van der Waals surface area contributed by atoms with Crippen molar-refractivity contribution in [1.82, 2.24) is 4.90 Å². The molecule has 0 unspecified atom stereocenters. The van der Waals surface area contributed by atoms with Gasteiger partial charge in [0.05, 0.1) is 6.10 Å². The molecule has 0 aromatic carbocycles. The van der Waals surface area contributed by atoms with Gasteiger partial charge in [-0.05, 0) is 18.1 Å². The van der Waals surface area contributed by atoms with E-state index in [0.717, 1.165) is 18.1 Å². The van der Waals surface area contributed by atoms with Gasteiger partial charge in [-0.1, -0.05) is 40.7 Å². The Morgan fingerprint density at radius 3 is 2.00 bits per heavy atom. The molecule has 0 saturated heterocycles. The molecule has 0 aliphatic rings. The number of rotatable bonds is 15. The number of hydrogen-bond acceptors (Lipinski definition) is 6. The van der Waals surface area contributed by atoms with Crippen molar-refractivity contribution < 1.29 is 27.6 Å². The van der Waals surface area contributed by atoms with Gasteiger partial charge in [-0.3, -0.25) is 14.2 Å². The molecular formula is C19H38NO6PSi. The van der Waals surface area contributed by atoms with Crippen LogP contribution in [0.4, 0.5) is 0 Å². The lowest BCUT2D eigenvalue weighted by atomic mass is 9.91. The highest BCUT2D eigenvalue weighted by Crippen LogP contribution is 2.47. The number of Topliss-reactive ketones (excluding diaryl/α,β-unsaturated/α-hetero) is 1. The highest BCUT2D eigenvalue weighted by atomic mass is 31.2. The summed E-state index contributed by atoms with van der Waals surface area (Å²) in [6.45, 7) is 10.2. The minimum Gasteiger partial charge on any atom is -0.413 e. The summed E-state index contributed by atoms with van der Waals surface area (Å²) >= 11 is 0. The van der Waals surface area contributed by atoms with Gasteiger partial charge in [0.1, 0.15) is 11.9 Å². The number of carbonyl (C=O) groups excluding carboxylic acids is 2. The number of nitrogens with zero attached hydrogens (tertiary/aromatic N) is 1. The lowest BCUT2D eigenvalue weighted by Gasteiger charge is -2.38. The topological polar surface area (TPSA) is 82.1 Å². The number of amides is 1. The van der Waals surface area contributed by atoms with Crippen molar-refractivity contribution in [3.63, 3.8) is 0 Å². The minimum atomic E-state index is -3.44. The quantitative estimate of drug-likeness (QED) is 0.217. The lowest BCUT2D eigenvalue weighted by molar-refractivity contribution is -0.123. The highest BCUT2D eigenvalue weighted by molar-refractivity contribution is 7.54. The van der Waals surface area contributed by atoms with Crippen LogP contribution in [0.25, 0.3) is 0 Å². The molecule has 0 saturated carbocycles. The molecule has 0 spiro atoms. The number of ketones is 1. The third kappa shape index (κ3) is 7.91. The Hall–Kier alpha value is -0.793. The van der Waals surface area contributed by atoms with E-state index in [1.807, 2.05) is 13.0 Å². The van der Waals surface area contributed by atoms with Crippen molar-refractivity contribution in [1.29, 1.82) is 0 Å². The Bertz CT molecular complexity index is 550. The Kier molecular flexibility index (Phi) is 12.3. The number of carbonyl (C=O) groups is 2. The molecule has 1 amide bonds. The first kappa shape index (κ1) is 27.2. The molecular weight excluding hydrogens is 397 g/mol. The smallest absolute Gasteiger partial charge is 0.337 e. The van der Waals surface area contributed by atoms with Crippen molar-refractivity contribution >= 4 is 28.1 Å². The predicted octanol–water partition coefficient (Wildman–Crippen LogP) is 4.31. The first-order valence-electron chi connectivity index (χ1n) is 9.84. The SMILES string of the molecule is CC[Si](CC)(CC)O[C@H]([C@H](C)/C=C\N(C)C=O)[C@@H](C)C(=O)CP(=O)(OC)OC. The van der Waals surface area contributed by atoms with Gasteiger partial charge in [-0.2, -0.15) is 0 Å². The van der Waals surface area contributed by atoms with E-state index >= 15 is 0 Å². The summed E-state index contributed by atoms with van der Waals surface area (Å²) in [5.41, 5.74) is 0. The molecule has 164 valence electrons. The molecule has 0 bridgehead atoms. The molecule has 0 heterocycles. The summed E-state index contributed by atoms with van der Waals surface area (Å²) in [6, 6.07) is 2.87. The average molecular weight is 436 g/mol. The average Bonchev–Trinajstić information content (AvgIpc) is 2.72. The van der Waals surface area contributed by atoms with Crippen LogP contribution < -0.4 is 0 Å². The van der Waals surface area contributed by atoms with Crippen LogP contribution in [0, 0.1) is 11.8 Å². The minimum absolute atomic E-state index is 0.109. The highest BCUT2D eigenvalue weighted by Gasteiger charge is 2.39. The fraction of sp³-hybridized carbons (Fsp3) is 0.789. The Morgan fingerprint density at radius 1 is 1.11 bits per heavy atom. The van der Waals surface area contributed by atoms with E-state index in [9.17, 15) is 14.2 Å². The Labute approximate surface area is 171 Å². The molecule has 0 N–H and O–H groups in total. The van der Waals surface area contributed by atoms with Crippen LogP contribution in [-0.2, 0) is 27.6 Å². The van der Waals surface area contributed by atoms with Crippen LogP contribution in [0.3, 0.4) is 0 Å². The monoisotopic (exact) mass is 435 g/mol. The van der Waals surface area contributed by atoms with Gasteiger partial charge in [0.2, 0.25) is 6.41 Å². The maximum Gasteiger partial charge on any atom is 0.337 e. The van der Waals surface area contributed by atoms with Crippen LogP contribution in [0.5, 0.6) is 0 Å². The summed E-state index contributed by atoms with van der Waals surface area (Å²) in [7, 11) is -1.22. The molecule has 0 radical (unpaired) electrons. The standard InChI is InChI=1S/C19H38NO6PSi/c1-9-28(10-2,11-3)26-19(16(4)12-13-20(6)15-21)17(5)18(22)14-27(23,24-7)25-8/h12-13,15-17,19H,9-11,14H2,1-8H3/b13-12-/t16-,17+,19-/m1/s1. The molecule has 0 aromatic rings. The van der Waals surface area contributed by atoms with Crippen molar-refractivity contribution in [2.24, 2.45) is 11.8 Å². The maximum absolute atomic E-state index is 12.9. The fourth-order valence-electron chi connectivity index (χ4n) is 3.09. The van der Waals surface area contributed by atoms with E-state index in [4.69, 9.17) is 13.5 Å². The zero-order valence-electron chi connectivity index (χ0n) is 18.6. The van der Waals surface area contributed by atoms with E-state index in [2.05, 4.69) is 20.8 Å². The van der Waals surface area contributed by atoms with Crippen molar-refractivity contribution in [2.45, 2.75) is 58.9 Å². The summed E-state index contributed by atoms with van der Waals surface area (Å²) in [5.74, 6) is -0.814. The van der Waals surface area contributed by atoms with Crippen LogP contribution in [0.1, 0.15) is 34.6 Å². The summed E-state index contributed by atoms with van der Waals surface area (Å²) < 4.78 is 28.9. The Balaban J connectivity index is 5.74. The molecule has 3 atom stereocenters. The maximum atomic E-state index is 12.9. The second-order valence-corrected chi connectivity index (χ2v) is 14.2. The third-order valence-electron chi connectivity index (χ3n) is 5.53. The van der Waals surface area contributed by atoms with Gasteiger partial charge in [0.25, 0.3) is 0 Å². The van der Waals surface area contributed by atoms with Crippen molar-refractivity contribution in [3.8, 4) is 0 Å². The second-order valence-electron chi connectivity index (χ2n) is 7.19. The van der Waals surface area contributed by atoms with Gasteiger partial charge < -0.3 is 18.4 Å². The van der Waals surface area contributed by atoms with Gasteiger partial charge in [0, 0.05) is 39.3 Å². The molecule has 0 aliphatic heterocycles. The predicted molar refractivity (Wildman–Crippen MR) is 115 cm³/mol. The summed E-state index contributed by atoms with van der Waals surface area (Å²) in [4.78, 5) is 25.1. The van der Waals surface area contributed by atoms with Crippen molar-refractivity contribution in [2.75, 3.05) is 27.4 Å². The van der Waals surface area contributed by atoms with Crippen LogP contribution >= 0.6 is 7.60 Å². The van der Waals surface area contributed by atoms with Gasteiger partial charge in [-0.25, -0.2) is 0 Å². The normalized spacial score (nSPS) is 16.0. The van der Waals surface area contributed by atoms with Gasteiger partial charge in [-0.15, -0.1) is 0 Å². The Morgan fingerprint density at radius 2 is 1.61 bits per heavy atom. The van der Waals surface area contributed by atoms with Crippen molar-refractivity contribution in [3.05, 3.63) is 12.3 Å². The van der Waals surface area contributed by atoms with Crippen LogP contribution in [0.2, 0.25) is 18.1 Å². The molecule has 9 heteroatoms. The first-order chi connectivity index (χ1) is 13.1. The first-order valence-corrected chi connectivity index (χ1v) is 14.1. The van der Waals surface area contributed by atoms with Gasteiger partial charge in [0.15, 0.2) is 8.32 Å². The molecule has 0 aromatic heterocycles. The molecule has 28 heavy (non-hydrogen) atoms. The van der Waals surface area contributed by atoms with Gasteiger partial charge >= 0.3 is 7.60 Å². The van der Waals surface area contributed by atoms with Crippen LogP contribution in [0.15, 0.2) is 12.3 Å². The zero-order valence-corrected chi connectivity index (χ0v) is 20.5. The molecule has 0 aliphatic carbocycles. The molecule has 0 rings (SSSR count). The van der Waals surface area contributed by atoms with E-state index in [1.165, 1.54) is 19.1 Å². The van der Waals surface area contributed by atoms with E-state index < -0.39 is 21.8 Å². The number of hydrogen-bond donors (Lipinski definition) is 0. The fourth-order valence-corrected chi connectivity index (χ4v) is 7.16. The largest absolute Gasteiger partial charge is 0.413 e. The van der Waals surface area contributed by atoms with Crippen LogP contribution in [-0.4, -0.2) is 58.9 Å². The molecule has 0 fully saturated rings. The summed E-state index contributed by atoms with van der Waals surface area (Å²) in [6.07, 6.45) is 3.59.